The molecule has 1 unspecified atom stereocenters. The highest BCUT2D eigenvalue weighted by Gasteiger charge is 2.04. The predicted octanol–water partition coefficient (Wildman–Crippen LogP) is 3.36. The third kappa shape index (κ3) is 5.85. The van der Waals surface area contributed by atoms with Crippen molar-refractivity contribution >= 4 is 0 Å². The molecule has 0 aliphatic heterocycles. The molecular weight excluding hydrogens is 210 g/mol. The molecule has 0 aliphatic rings. The van der Waals surface area contributed by atoms with Crippen LogP contribution in [0, 0.1) is 5.92 Å². The Hall–Kier alpha value is -0.860. The smallest absolute Gasteiger partial charge is 0.0713 e. The summed E-state index contributed by atoms with van der Waals surface area (Å²) in [5.74, 6) is 0.748. The number of benzene rings is 1. The molecule has 1 N–H and O–H groups in total. The molecule has 2 nitrogen and oxygen atoms in total. The monoisotopic (exact) mass is 235 g/mol. The van der Waals surface area contributed by atoms with Crippen molar-refractivity contribution in [1.82, 2.24) is 5.32 Å². The topological polar surface area (TPSA) is 21.3 Å². The molecule has 0 spiro atoms. The van der Waals surface area contributed by atoms with E-state index in [9.17, 15) is 0 Å². The van der Waals surface area contributed by atoms with E-state index in [0.29, 0.717) is 12.6 Å². The van der Waals surface area contributed by atoms with Crippen LogP contribution in [0.3, 0.4) is 0 Å². The highest BCUT2D eigenvalue weighted by molar-refractivity contribution is 5.22. The molecular formula is C15H25NO. The molecule has 0 saturated carbocycles. The van der Waals surface area contributed by atoms with E-state index in [0.717, 1.165) is 12.5 Å². The first-order valence-electron chi connectivity index (χ1n) is 6.42. The van der Waals surface area contributed by atoms with E-state index in [-0.39, 0.29) is 0 Å². The average molecular weight is 235 g/mol. The molecule has 0 bridgehead atoms. The Kier molecular flexibility index (Phi) is 6.23. The van der Waals surface area contributed by atoms with Gasteiger partial charge >= 0.3 is 0 Å². The van der Waals surface area contributed by atoms with E-state index in [4.69, 9.17) is 4.74 Å². The number of hydrogen-bond acceptors (Lipinski definition) is 2. The SMILES string of the molecule is COCc1cccc(CNC(C)CC(C)C)c1. The van der Waals surface area contributed by atoms with Crippen molar-refractivity contribution in [3.63, 3.8) is 0 Å². The highest BCUT2D eigenvalue weighted by Crippen LogP contribution is 2.08. The van der Waals surface area contributed by atoms with Gasteiger partial charge in [-0.1, -0.05) is 38.1 Å². The van der Waals surface area contributed by atoms with Crippen LogP contribution in [0.4, 0.5) is 0 Å². The summed E-state index contributed by atoms with van der Waals surface area (Å²) in [4.78, 5) is 0. The van der Waals surface area contributed by atoms with Crippen LogP contribution >= 0.6 is 0 Å². The molecule has 1 atom stereocenters. The number of rotatable bonds is 7. The normalized spacial score (nSPS) is 13.0. The van der Waals surface area contributed by atoms with Crippen LogP contribution in [0.1, 0.15) is 38.3 Å². The van der Waals surface area contributed by atoms with Gasteiger partial charge in [-0.2, -0.15) is 0 Å². The van der Waals surface area contributed by atoms with Gasteiger partial charge in [0.1, 0.15) is 0 Å². The molecule has 17 heavy (non-hydrogen) atoms. The average Bonchev–Trinajstić information content (AvgIpc) is 2.26. The van der Waals surface area contributed by atoms with Crippen molar-refractivity contribution < 1.29 is 4.74 Å². The van der Waals surface area contributed by atoms with Crippen LogP contribution in [-0.4, -0.2) is 13.2 Å². The Morgan fingerprint density at radius 1 is 1.18 bits per heavy atom. The largest absolute Gasteiger partial charge is 0.380 e. The molecule has 1 rings (SSSR count). The van der Waals surface area contributed by atoms with E-state index < -0.39 is 0 Å². The van der Waals surface area contributed by atoms with Gasteiger partial charge in [0.2, 0.25) is 0 Å². The Bertz CT molecular complexity index is 322. The van der Waals surface area contributed by atoms with E-state index in [2.05, 4.69) is 50.4 Å². The zero-order chi connectivity index (χ0) is 12.7. The maximum absolute atomic E-state index is 5.14. The van der Waals surface area contributed by atoms with Gasteiger partial charge < -0.3 is 10.1 Å². The summed E-state index contributed by atoms with van der Waals surface area (Å²) < 4.78 is 5.14. The molecule has 1 aromatic rings. The molecule has 2 heteroatoms. The second-order valence-corrected chi connectivity index (χ2v) is 5.16. The molecule has 1 aromatic carbocycles. The molecule has 0 aliphatic carbocycles. The third-order valence-corrected chi connectivity index (χ3v) is 2.78. The van der Waals surface area contributed by atoms with Gasteiger partial charge in [0.25, 0.3) is 0 Å². The first kappa shape index (κ1) is 14.2. The van der Waals surface area contributed by atoms with E-state index in [1.54, 1.807) is 7.11 Å². The molecule has 0 saturated heterocycles. The standard InChI is InChI=1S/C15H25NO/c1-12(2)8-13(3)16-10-14-6-5-7-15(9-14)11-17-4/h5-7,9,12-13,16H,8,10-11H2,1-4H3. The highest BCUT2D eigenvalue weighted by atomic mass is 16.5. The minimum absolute atomic E-state index is 0.570. The lowest BCUT2D eigenvalue weighted by Gasteiger charge is -2.16. The number of hydrogen-bond donors (Lipinski definition) is 1. The molecule has 0 aromatic heterocycles. The Labute approximate surface area is 105 Å². The van der Waals surface area contributed by atoms with Crippen LogP contribution in [-0.2, 0) is 17.9 Å². The summed E-state index contributed by atoms with van der Waals surface area (Å²) in [6.07, 6.45) is 1.22. The summed E-state index contributed by atoms with van der Waals surface area (Å²) >= 11 is 0. The van der Waals surface area contributed by atoms with Crippen molar-refractivity contribution in [2.24, 2.45) is 5.92 Å². The van der Waals surface area contributed by atoms with Gasteiger partial charge in [-0.25, -0.2) is 0 Å². The van der Waals surface area contributed by atoms with Crippen molar-refractivity contribution in [3.05, 3.63) is 35.4 Å². The Morgan fingerprint density at radius 3 is 2.53 bits per heavy atom. The van der Waals surface area contributed by atoms with E-state index >= 15 is 0 Å². The predicted molar refractivity (Wildman–Crippen MR) is 72.9 cm³/mol. The minimum atomic E-state index is 0.570. The van der Waals surface area contributed by atoms with E-state index in [1.807, 2.05) is 0 Å². The summed E-state index contributed by atoms with van der Waals surface area (Å²) in [7, 11) is 1.73. The van der Waals surface area contributed by atoms with Gasteiger partial charge in [-0.15, -0.1) is 0 Å². The number of nitrogens with one attached hydrogen (secondary N) is 1. The van der Waals surface area contributed by atoms with Crippen molar-refractivity contribution in [3.8, 4) is 0 Å². The van der Waals surface area contributed by atoms with Gasteiger partial charge in [-0.3, -0.25) is 0 Å². The molecule has 96 valence electrons. The van der Waals surface area contributed by atoms with E-state index in [1.165, 1.54) is 17.5 Å². The molecule has 0 fully saturated rings. The maximum Gasteiger partial charge on any atom is 0.0713 e. The summed E-state index contributed by atoms with van der Waals surface area (Å²) in [5.41, 5.74) is 2.57. The second-order valence-electron chi connectivity index (χ2n) is 5.16. The fourth-order valence-electron chi connectivity index (χ4n) is 2.08. The van der Waals surface area contributed by atoms with Crippen LogP contribution < -0.4 is 5.32 Å². The van der Waals surface area contributed by atoms with Gasteiger partial charge in [0, 0.05) is 19.7 Å². The number of methoxy groups -OCH3 is 1. The zero-order valence-corrected chi connectivity index (χ0v) is 11.5. The second kappa shape index (κ2) is 7.46. The lowest BCUT2D eigenvalue weighted by atomic mass is 10.0. The quantitative estimate of drug-likeness (QED) is 0.782. The zero-order valence-electron chi connectivity index (χ0n) is 11.5. The first-order valence-corrected chi connectivity index (χ1v) is 6.42. The Balaban J connectivity index is 2.43. The maximum atomic E-state index is 5.14. The van der Waals surface area contributed by atoms with Crippen LogP contribution in [0.2, 0.25) is 0 Å². The van der Waals surface area contributed by atoms with Crippen molar-refractivity contribution in [2.45, 2.75) is 46.4 Å². The van der Waals surface area contributed by atoms with Crippen molar-refractivity contribution in [1.29, 1.82) is 0 Å². The molecule has 0 radical (unpaired) electrons. The summed E-state index contributed by atoms with van der Waals surface area (Å²) in [6.45, 7) is 8.40. The van der Waals surface area contributed by atoms with Crippen LogP contribution in [0.25, 0.3) is 0 Å². The van der Waals surface area contributed by atoms with Crippen LogP contribution in [0.5, 0.6) is 0 Å². The fourth-order valence-corrected chi connectivity index (χ4v) is 2.08. The lowest BCUT2D eigenvalue weighted by molar-refractivity contribution is 0.185. The van der Waals surface area contributed by atoms with Gasteiger partial charge in [-0.05, 0) is 30.4 Å². The Morgan fingerprint density at radius 2 is 1.88 bits per heavy atom. The lowest BCUT2D eigenvalue weighted by Crippen LogP contribution is -2.26. The van der Waals surface area contributed by atoms with Gasteiger partial charge in [0.05, 0.1) is 6.61 Å². The minimum Gasteiger partial charge on any atom is -0.380 e. The number of ether oxygens (including phenoxy) is 1. The summed E-state index contributed by atoms with van der Waals surface area (Å²) in [5, 5.41) is 3.56. The summed E-state index contributed by atoms with van der Waals surface area (Å²) in [6, 6.07) is 9.14. The third-order valence-electron chi connectivity index (χ3n) is 2.78. The first-order chi connectivity index (χ1) is 8.11. The van der Waals surface area contributed by atoms with Crippen LogP contribution in [0.15, 0.2) is 24.3 Å². The molecule has 0 heterocycles. The molecule has 0 amide bonds. The fraction of sp³-hybridized carbons (Fsp3) is 0.600. The van der Waals surface area contributed by atoms with Gasteiger partial charge in [0.15, 0.2) is 0 Å². The van der Waals surface area contributed by atoms with Crippen molar-refractivity contribution in [2.75, 3.05) is 7.11 Å².